The third kappa shape index (κ3) is 4.12. The van der Waals surface area contributed by atoms with E-state index in [1.165, 1.54) is 19.3 Å². The summed E-state index contributed by atoms with van der Waals surface area (Å²) in [5.41, 5.74) is 0.283. The molecule has 0 spiro atoms. The van der Waals surface area contributed by atoms with Gasteiger partial charge < -0.3 is 5.11 Å². The standard InChI is InChI=1S/C12H26O/c1-6-8-9-12(4,5)10(3)11(13)7-2/h10-11,13H,6-9H2,1-5H3. The van der Waals surface area contributed by atoms with E-state index in [4.69, 9.17) is 0 Å². The zero-order valence-corrected chi connectivity index (χ0v) is 9.93. The third-order valence-electron chi connectivity index (χ3n) is 3.40. The van der Waals surface area contributed by atoms with E-state index in [9.17, 15) is 5.11 Å². The molecule has 0 aliphatic heterocycles. The van der Waals surface area contributed by atoms with Gasteiger partial charge >= 0.3 is 0 Å². The Morgan fingerprint density at radius 1 is 1.23 bits per heavy atom. The first-order chi connectivity index (χ1) is 5.95. The average molecular weight is 186 g/mol. The van der Waals surface area contributed by atoms with Gasteiger partial charge in [0.05, 0.1) is 6.10 Å². The summed E-state index contributed by atoms with van der Waals surface area (Å²) in [6.07, 6.45) is 4.48. The molecule has 0 rings (SSSR count). The van der Waals surface area contributed by atoms with Crippen LogP contribution in [0.25, 0.3) is 0 Å². The minimum atomic E-state index is -0.133. The van der Waals surface area contributed by atoms with Crippen LogP contribution < -0.4 is 0 Å². The molecule has 1 N–H and O–H groups in total. The van der Waals surface area contributed by atoms with Crippen molar-refractivity contribution in [1.29, 1.82) is 0 Å². The maximum atomic E-state index is 9.76. The molecule has 0 aliphatic carbocycles. The van der Waals surface area contributed by atoms with Gasteiger partial charge in [-0.25, -0.2) is 0 Å². The Labute approximate surface area is 83.5 Å². The molecule has 0 aromatic carbocycles. The van der Waals surface area contributed by atoms with Gasteiger partial charge in [-0.15, -0.1) is 0 Å². The normalized spacial score (nSPS) is 17.1. The molecule has 0 heterocycles. The summed E-state index contributed by atoms with van der Waals surface area (Å²) >= 11 is 0. The van der Waals surface area contributed by atoms with Gasteiger partial charge in [0.1, 0.15) is 0 Å². The average Bonchev–Trinajstić information content (AvgIpc) is 2.12. The molecular weight excluding hydrogens is 160 g/mol. The number of aliphatic hydroxyl groups is 1. The van der Waals surface area contributed by atoms with E-state index in [2.05, 4.69) is 34.6 Å². The van der Waals surface area contributed by atoms with Crippen molar-refractivity contribution in [3.05, 3.63) is 0 Å². The minimum absolute atomic E-state index is 0.133. The largest absolute Gasteiger partial charge is 0.393 e. The summed E-state index contributed by atoms with van der Waals surface area (Å²) < 4.78 is 0. The molecule has 0 amide bonds. The quantitative estimate of drug-likeness (QED) is 0.672. The Morgan fingerprint density at radius 2 is 1.77 bits per heavy atom. The molecule has 1 heteroatoms. The summed E-state index contributed by atoms with van der Waals surface area (Å²) in [6.45, 7) is 11.0. The second-order valence-electron chi connectivity index (χ2n) is 4.86. The van der Waals surface area contributed by atoms with Gasteiger partial charge in [-0.1, -0.05) is 47.5 Å². The smallest absolute Gasteiger partial charge is 0.0568 e. The number of aliphatic hydroxyl groups excluding tert-OH is 1. The van der Waals surface area contributed by atoms with Gasteiger partial charge in [-0.3, -0.25) is 0 Å². The molecule has 0 fully saturated rings. The highest BCUT2D eigenvalue weighted by atomic mass is 16.3. The Morgan fingerprint density at radius 3 is 2.15 bits per heavy atom. The van der Waals surface area contributed by atoms with Gasteiger partial charge in [0.15, 0.2) is 0 Å². The SMILES string of the molecule is CCCCC(C)(C)C(C)C(O)CC. The molecule has 0 radical (unpaired) electrons. The van der Waals surface area contributed by atoms with E-state index < -0.39 is 0 Å². The summed E-state index contributed by atoms with van der Waals surface area (Å²) in [7, 11) is 0. The Hall–Kier alpha value is -0.0400. The highest BCUT2D eigenvalue weighted by molar-refractivity contribution is 4.79. The molecule has 0 bridgehead atoms. The van der Waals surface area contributed by atoms with Crippen molar-refractivity contribution in [3.8, 4) is 0 Å². The Kier molecular flexibility index (Phi) is 5.62. The van der Waals surface area contributed by atoms with Crippen molar-refractivity contribution >= 4 is 0 Å². The molecule has 2 atom stereocenters. The van der Waals surface area contributed by atoms with Crippen molar-refractivity contribution in [2.45, 2.75) is 66.4 Å². The molecule has 0 aliphatic rings. The van der Waals surface area contributed by atoms with Gasteiger partial charge in [-0.2, -0.15) is 0 Å². The minimum Gasteiger partial charge on any atom is -0.393 e. The van der Waals surface area contributed by atoms with Crippen molar-refractivity contribution < 1.29 is 5.11 Å². The van der Waals surface area contributed by atoms with Crippen LogP contribution in [0.1, 0.15) is 60.3 Å². The number of hydrogen-bond donors (Lipinski definition) is 1. The fourth-order valence-electron chi connectivity index (χ4n) is 1.73. The lowest BCUT2D eigenvalue weighted by atomic mass is 9.73. The monoisotopic (exact) mass is 186 g/mol. The lowest BCUT2D eigenvalue weighted by Crippen LogP contribution is -2.31. The van der Waals surface area contributed by atoms with E-state index >= 15 is 0 Å². The lowest BCUT2D eigenvalue weighted by Gasteiger charge is -2.34. The van der Waals surface area contributed by atoms with Crippen LogP contribution in [0.2, 0.25) is 0 Å². The Bertz CT molecular complexity index is 129. The van der Waals surface area contributed by atoms with Gasteiger partial charge in [0.25, 0.3) is 0 Å². The van der Waals surface area contributed by atoms with E-state index in [1.54, 1.807) is 0 Å². The summed E-state index contributed by atoms with van der Waals surface area (Å²) in [5.74, 6) is 0.407. The van der Waals surface area contributed by atoms with Crippen LogP contribution in [-0.4, -0.2) is 11.2 Å². The van der Waals surface area contributed by atoms with Crippen LogP contribution in [0, 0.1) is 11.3 Å². The molecule has 0 saturated heterocycles. The maximum Gasteiger partial charge on any atom is 0.0568 e. The van der Waals surface area contributed by atoms with Crippen molar-refractivity contribution in [2.24, 2.45) is 11.3 Å². The molecule has 0 saturated carbocycles. The Balaban J connectivity index is 4.09. The first-order valence-corrected chi connectivity index (χ1v) is 5.63. The summed E-state index contributed by atoms with van der Waals surface area (Å²) in [5, 5.41) is 9.76. The second-order valence-corrected chi connectivity index (χ2v) is 4.86. The fourth-order valence-corrected chi connectivity index (χ4v) is 1.73. The lowest BCUT2D eigenvalue weighted by molar-refractivity contribution is 0.0372. The van der Waals surface area contributed by atoms with Crippen LogP contribution >= 0.6 is 0 Å². The zero-order valence-electron chi connectivity index (χ0n) is 9.93. The molecular formula is C12H26O. The van der Waals surface area contributed by atoms with E-state index in [0.29, 0.717) is 5.92 Å². The molecule has 0 aromatic heterocycles. The predicted molar refractivity (Wildman–Crippen MR) is 58.8 cm³/mol. The summed E-state index contributed by atoms with van der Waals surface area (Å²) in [4.78, 5) is 0. The first kappa shape index (κ1) is 13.0. The molecule has 1 nitrogen and oxygen atoms in total. The predicted octanol–water partition coefficient (Wildman–Crippen LogP) is 3.61. The maximum absolute atomic E-state index is 9.76. The van der Waals surface area contributed by atoms with Crippen LogP contribution in [0.5, 0.6) is 0 Å². The van der Waals surface area contributed by atoms with E-state index in [-0.39, 0.29) is 11.5 Å². The highest BCUT2D eigenvalue weighted by Gasteiger charge is 2.29. The van der Waals surface area contributed by atoms with Crippen molar-refractivity contribution in [3.63, 3.8) is 0 Å². The molecule has 0 aromatic rings. The van der Waals surface area contributed by atoms with Gasteiger partial charge in [0.2, 0.25) is 0 Å². The van der Waals surface area contributed by atoms with Crippen molar-refractivity contribution in [1.82, 2.24) is 0 Å². The molecule has 2 unspecified atom stereocenters. The second kappa shape index (κ2) is 5.64. The highest BCUT2D eigenvalue weighted by Crippen LogP contribution is 2.35. The van der Waals surface area contributed by atoms with Crippen LogP contribution in [0.4, 0.5) is 0 Å². The van der Waals surface area contributed by atoms with Gasteiger partial charge in [-0.05, 0) is 24.2 Å². The topological polar surface area (TPSA) is 20.2 Å². The van der Waals surface area contributed by atoms with E-state index in [0.717, 1.165) is 6.42 Å². The van der Waals surface area contributed by atoms with E-state index in [1.807, 2.05) is 0 Å². The molecule has 80 valence electrons. The fraction of sp³-hybridized carbons (Fsp3) is 1.00. The summed E-state index contributed by atoms with van der Waals surface area (Å²) in [6, 6.07) is 0. The molecule has 13 heavy (non-hydrogen) atoms. The van der Waals surface area contributed by atoms with Crippen LogP contribution in [0.15, 0.2) is 0 Å². The first-order valence-electron chi connectivity index (χ1n) is 5.63. The number of hydrogen-bond acceptors (Lipinski definition) is 1. The van der Waals surface area contributed by atoms with Crippen LogP contribution in [-0.2, 0) is 0 Å². The van der Waals surface area contributed by atoms with Crippen LogP contribution in [0.3, 0.4) is 0 Å². The number of unbranched alkanes of at least 4 members (excludes halogenated alkanes) is 1. The van der Waals surface area contributed by atoms with Crippen molar-refractivity contribution in [2.75, 3.05) is 0 Å². The number of rotatable bonds is 6. The zero-order chi connectivity index (χ0) is 10.5. The third-order valence-corrected chi connectivity index (χ3v) is 3.40. The van der Waals surface area contributed by atoms with Gasteiger partial charge in [0, 0.05) is 0 Å².